The van der Waals surface area contributed by atoms with Crippen molar-refractivity contribution in [3.63, 3.8) is 0 Å². The third-order valence-electron chi connectivity index (χ3n) is 4.74. The van der Waals surface area contributed by atoms with E-state index in [1.807, 2.05) is 79.7 Å². The Kier molecular flexibility index (Phi) is 8.02. The highest BCUT2D eigenvalue weighted by atomic mass is 79.9. The van der Waals surface area contributed by atoms with Gasteiger partial charge in [0.05, 0.1) is 0 Å². The van der Waals surface area contributed by atoms with Crippen molar-refractivity contribution >= 4 is 33.6 Å². The van der Waals surface area contributed by atoms with Gasteiger partial charge < -0.3 is 10.1 Å². The number of benzene rings is 3. The van der Waals surface area contributed by atoms with E-state index < -0.39 is 5.91 Å². The summed E-state index contributed by atoms with van der Waals surface area (Å²) in [5.74, 6) is 0.296. The Balaban J connectivity index is 1.77. The van der Waals surface area contributed by atoms with Gasteiger partial charge in [-0.15, -0.1) is 6.58 Å². The van der Waals surface area contributed by atoms with E-state index in [-0.39, 0.29) is 5.57 Å². The zero-order valence-corrected chi connectivity index (χ0v) is 19.4. The minimum atomic E-state index is -0.447. The lowest BCUT2D eigenvalue weighted by Gasteiger charge is -2.12. The zero-order valence-electron chi connectivity index (χ0n) is 17.8. The number of anilines is 1. The van der Waals surface area contributed by atoms with Crippen LogP contribution in [0.4, 0.5) is 5.69 Å². The van der Waals surface area contributed by atoms with E-state index in [0.717, 1.165) is 32.5 Å². The highest BCUT2D eigenvalue weighted by Gasteiger charge is 2.11. The molecular weight excluding hydrogens is 464 g/mol. The molecule has 0 atom stereocenters. The Bertz CT molecular complexity index is 1170. The maximum Gasteiger partial charge on any atom is 0.266 e. The molecule has 3 aromatic carbocycles. The zero-order chi connectivity index (χ0) is 22.9. The second kappa shape index (κ2) is 11.1. The van der Waals surface area contributed by atoms with Gasteiger partial charge in [-0.2, -0.15) is 5.26 Å². The van der Waals surface area contributed by atoms with Crippen LogP contribution in [-0.4, -0.2) is 5.91 Å². The quantitative estimate of drug-likeness (QED) is 0.221. The number of hydrogen-bond donors (Lipinski definition) is 1. The van der Waals surface area contributed by atoms with E-state index in [2.05, 4.69) is 27.8 Å². The van der Waals surface area contributed by atoms with Gasteiger partial charge in [0.25, 0.3) is 5.91 Å². The normalized spacial score (nSPS) is 10.8. The van der Waals surface area contributed by atoms with Gasteiger partial charge in [-0.25, -0.2) is 0 Å². The van der Waals surface area contributed by atoms with Crippen LogP contribution < -0.4 is 10.1 Å². The number of nitriles is 1. The van der Waals surface area contributed by atoms with Gasteiger partial charge >= 0.3 is 0 Å². The number of allylic oxidation sites excluding steroid dienone is 1. The summed E-state index contributed by atoms with van der Waals surface area (Å²) in [6, 6.07) is 23.0. The molecule has 3 aromatic rings. The van der Waals surface area contributed by atoms with Gasteiger partial charge in [0.2, 0.25) is 0 Å². The minimum Gasteiger partial charge on any atom is -0.489 e. The number of ether oxygens (including phenoxy) is 1. The molecular formula is C27H23BrN2O2. The largest absolute Gasteiger partial charge is 0.489 e. The average molecular weight is 487 g/mol. The first-order valence-electron chi connectivity index (χ1n) is 10.1. The predicted molar refractivity (Wildman–Crippen MR) is 132 cm³/mol. The fourth-order valence-corrected chi connectivity index (χ4v) is 3.30. The van der Waals surface area contributed by atoms with Gasteiger partial charge in [-0.1, -0.05) is 57.9 Å². The first kappa shape index (κ1) is 23.1. The topological polar surface area (TPSA) is 62.1 Å². The molecule has 0 bridgehead atoms. The lowest BCUT2D eigenvalue weighted by atomic mass is 10.0. The number of nitrogens with one attached hydrogen (secondary N) is 1. The van der Waals surface area contributed by atoms with Crippen LogP contribution in [0, 0.1) is 18.3 Å². The molecule has 32 heavy (non-hydrogen) atoms. The Morgan fingerprint density at radius 3 is 2.50 bits per heavy atom. The number of halogens is 1. The Hall–Kier alpha value is -3.62. The molecule has 0 radical (unpaired) electrons. The van der Waals surface area contributed by atoms with Crippen LogP contribution in [0.5, 0.6) is 5.75 Å². The van der Waals surface area contributed by atoms with E-state index in [1.165, 1.54) is 0 Å². The number of nitrogens with zero attached hydrogens (tertiary/aromatic N) is 1. The summed E-state index contributed by atoms with van der Waals surface area (Å²) in [6.07, 6.45) is 3.98. The van der Waals surface area contributed by atoms with Crippen LogP contribution >= 0.6 is 15.9 Å². The highest BCUT2D eigenvalue weighted by Crippen LogP contribution is 2.24. The van der Waals surface area contributed by atoms with Crippen molar-refractivity contribution in [3.8, 4) is 11.8 Å². The van der Waals surface area contributed by atoms with Crippen molar-refractivity contribution in [2.45, 2.75) is 20.0 Å². The Morgan fingerprint density at radius 1 is 1.12 bits per heavy atom. The molecule has 0 aliphatic rings. The van der Waals surface area contributed by atoms with E-state index in [9.17, 15) is 10.1 Å². The van der Waals surface area contributed by atoms with Crippen molar-refractivity contribution in [1.29, 1.82) is 5.26 Å². The van der Waals surface area contributed by atoms with Crippen LogP contribution in [-0.2, 0) is 17.8 Å². The Labute approximate surface area is 197 Å². The molecule has 3 rings (SSSR count). The third kappa shape index (κ3) is 6.44. The number of hydrogen-bond acceptors (Lipinski definition) is 3. The first-order chi connectivity index (χ1) is 15.5. The molecule has 0 saturated heterocycles. The summed E-state index contributed by atoms with van der Waals surface area (Å²) in [5, 5.41) is 12.3. The predicted octanol–water partition coefficient (Wildman–Crippen LogP) is 6.61. The van der Waals surface area contributed by atoms with Crippen LogP contribution in [0.1, 0.15) is 22.3 Å². The fraction of sp³-hybridized carbons (Fsp3) is 0.111. The van der Waals surface area contributed by atoms with Gasteiger partial charge in [0.1, 0.15) is 24.0 Å². The number of rotatable bonds is 8. The van der Waals surface area contributed by atoms with Crippen LogP contribution in [0.25, 0.3) is 6.08 Å². The molecule has 0 aliphatic heterocycles. The third-order valence-corrected chi connectivity index (χ3v) is 5.27. The van der Waals surface area contributed by atoms with Gasteiger partial charge in [-0.05, 0) is 72.5 Å². The summed E-state index contributed by atoms with van der Waals surface area (Å²) < 4.78 is 7.03. The van der Waals surface area contributed by atoms with Crippen molar-refractivity contribution in [1.82, 2.24) is 0 Å². The second-order valence-electron chi connectivity index (χ2n) is 7.27. The lowest BCUT2D eigenvalue weighted by molar-refractivity contribution is -0.112. The van der Waals surface area contributed by atoms with Gasteiger partial charge in [0, 0.05) is 10.2 Å². The molecule has 1 amide bonds. The first-order valence-corrected chi connectivity index (χ1v) is 10.9. The highest BCUT2D eigenvalue weighted by molar-refractivity contribution is 9.10. The molecule has 0 unspecified atom stereocenters. The number of amides is 1. The number of aryl methyl sites for hydroxylation is 1. The van der Waals surface area contributed by atoms with Gasteiger partial charge in [0.15, 0.2) is 0 Å². The molecule has 0 aliphatic carbocycles. The SMILES string of the molecule is C=CCc1cc(/C=C(/C#N)C(=O)Nc2ccc(C)cc2)ccc1OCc1ccc(Br)cc1. The number of carbonyl (C=O) groups excluding carboxylic acids is 1. The van der Waals surface area contributed by atoms with Crippen molar-refractivity contribution in [3.05, 3.63) is 112 Å². The van der Waals surface area contributed by atoms with Crippen LogP contribution in [0.3, 0.4) is 0 Å². The monoisotopic (exact) mass is 486 g/mol. The molecule has 160 valence electrons. The van der Waals surface area contributed by atoms with E-state index in [4.69, 9.17) is 4.74 Å². The van der Waals surface area contributed by atoms with Crippen LogP contribution in [0.15, 0.2) is 89.4 Å². The summed E-state index contributed by atoms with van der Waals surface area (Å²) >= 11 is 3.43. The van der Waals surface area contributed by atoms with Gasteiger partial charge in [-0.3, -0.25) is 4.79 Å². The fourth-order valence-electron chi connectivity index (χ4n) is 3.04. The smallest absolute Gasteiger partial charge is 0.266 e. The Morgan fingerprint density at radius 2 is 1.84 bits per heavy atom. The molecule has 4 nitrogen and oxygen atoms in total. The van der Waals surface area contributed by atoms with Crippen molar-refractivity contribution < 1.29 is 9.53 Å². The maximum absolute atomic E-state index is 12.5. The van der Waals surface area contributed by atoms with Crippen molar-refractivity contribution in [2.24, 2.45) is 0 Å². The number of carbonyl (C=O) groups is 1. The molecule has 5 heteroatoms. The molecule has 0 heterocycles. The summed E-state index contributed by atoms with van der Waals surface area (Å²) in [4.78, 5) is 12.5. The maximum atomic E-state index is 12.5. The van der Waals surface area contributed by atoms with E-state index >= 15 is 0 Å². The van der Waals surface area contributed by atoms with E-state index in [1.54, 1.807) is 12.2 Å². The minimum absolute atomic E-state index is 0.0265. The molecule has 0 fully saturated rings. The second-order valence-corrected chi connectivity index (χ2v) is 8.18. The summed E-state index contributed by atoms with van der Waals surface area (Å²) in [7, 11) is 0. The lowest BCUT2D eigenvalue weighted by Crippen LogP contribution is -2.13. The molecule has 0 saturated carbocycles. The summed E-state index contributed by atoms with van der Waals surface area (Å²) in [5.41, 5.74) is 4.50. The van der Waals surface area contributed by atoms with Crippen molar-refractivity contribution in [2.75, 3.05) is 5.32 Å². The summed E-state index contributed by atoms with van der Waals surface area (Å²) in [6.45, 7) is 6.23. The average Bonchev–Trinajstić information content (AvgIpc) is 2.79. The molecule has 0 aromatic heterocycles. The molecule has 1 N–H and O–H groups in total. The van der Waals surface area contributed by atoms with Crippen LogP contribution in [0.2, 0.25) is 0 Å². The standard InChI is InChI=1S/C27H23BrN2O2/c1-3-4-22-15-21(9-14-26(22)32-18-20-7-10-24(28)11-8-20)16-23(17-29)27(31)30-25-12-5-19(2)6-13-25/h3,5-16H,1,4,18H2,2H3,(H,30,31)/b23-16-. The van der Waals surface area contributed by atoms with E-state index in [0.29, 0.717) is 18.7 Å². The molecule has 0 spiro atoms.